The monoisotopic (exact) mass is 426 g/mol. The van der Waals surface area contributed by atoms with E-state index in [1.807, 2.05) is 42.0 Å². The van der Waals surface area contributed by atoms with E-state index in [-0.39, 0.29) is 10.6 Å². The Morgan fingerprint density at radius 3 is 2.72 bits per heavy atom. The number of rotatable bonds is 4. The number of aryl methyl sites for hydroxylation is 1. The lowest BCUT2D eigenvalue weighted by Crippen LogP contribution is -2.10. The number of benzene rings is 2. The number of imidazole rings is 1. The topological polar surface area (TPSA) is 72.8 Å². The molecule has 4 aromatic rings. The molecular weight excluding hydrogens is 411 g/mol. The van der Waals surface area contributed by atoms with Crippen molar-refractivity contribution in [3.05, 3.63) is 80.3 Å². The Kier molecular flexibility index (Phi) is 5.13. The maximum Gasteiger partial charge on any atom is 0.260 e. The van der Waals surface area contributed by atoms with E-state index in [9.17, 15) is 4.79 Å². The number of aromatic amines is 1. The maximum atomic E-state index is 12.4. The van der Waals surface area contributed by atoms with E-state index in [1.165, 1.54) is 6.07 Å². The second-order valence-corrected chi connectivity index (χ2v) is 7.26. The summed E-state index contributed by atoms with van der Waals surface area (Å²) in [5.74, 6) is 1.09. The number of nitrogens with zero attached hydrogens (tertiary/aromatic N) is 3. The van der Waals surface area contributed by atoms with Gasteiger partial charge in [0.25, 0.3) is 5.56 Å². The van der Waals surface area contributed by atoms with Crippen LogP contribution in [0.25, 0.3) is 28.7 Å². The fourth-order valence-corrected chi connectivity index (χ4v) is 3.60. The van der Waals surface area contributed by atoms with E-state index in [0.29, 0.717) is 27.5 Å². The molecule has 0 amide bonds. The van der Waals surface area contributed by atoms with Gasteiger partial charge in [-0.2, -0.15) is 0 Å². The van der Waals surface area contributed by atoms with Crippen LogP contribution in [0.2, 0.25) is 10.0 Å². The van der Waals surface area contributed by atoms with Crippen molar-refractivity contribution in [1.82, 2.24) is 19.5 Å². The molecule has 6 nitrogen and oxygen atoms in total. The maximum absolute atomic E-state index is 12.4. The lowest BCUT2D eigenvalue weighted by Gasteiger charge is -2.10. The van der Waals surface area contributed by atoms with E-state index >= 15 is 0 Å². The van der Waals surface area contributed by atoms with Gasteiger partial charge in [0.05, 0.1) is 40.7 Å². The fourth-order valence-electron chi connectivity index (χ4n) is 3.03. The van der Waals surface area contributed by atoms with Crippen LogP contribution in [0.5, 0.6) is 5.75 Å². The third-order valence-electron chi connectivity index (χ3n) is 4.37. The number of halogens is 2. The van der Waals surface area contributed by atoms with Gasteiger partial charge in [-0.05, 0) is 42.8 Å². The molecular formula is C21H16Cl2N4O2. The molecule has 2 aromatic carbocycles. The van der Waals surface area contributed by atoms with Crippen LogP contribution in [0.3, 0.4) is 0 Å². The van der Waals surface area contributed by atoms with E-state index in [0.717, 1.165) is 16.9 Å². The summed E-state index contributed by atoms with van der Waals surface area (Å²) >= 11 is 12.1. The predicted molar refractivity (Wildman–Crippen MR) is 116 cm³/mol. The van der Waals surface area contributed by atoms with Crippen molar-refractivity contribution in [2.75, 3.05) is 7.11 Å². The van der Waals surface area contributed by atoms with Gasteiger partial charge in [0.1, 0.15) is 11.6 Å². The van der Waals surface area contributed by atoms with Crippen molar-refractivity contribution in [1.29, 1.82) is 0 Å². The fraction of sp³-hybridized carbons (Fsp3) is 0.0952. The Bertz CT molecular complexity index is 1310. The molecule has 146 valence electrons. The lowest BCUT2D eigenvalue weighted by atomic mass is 10.1. The van der Waals surface area contributed by atoms with Gasteiger partial charge in [-0.25, -0.2) is 9.97 Å². The van der Waals surface area contributed by atoms with Gasteiger partial charge in [0.2, 0.25) is 0 Å². The van der Waals surface area contributed by atoms with Crippen molar-refractivity contribution in [3.8, 4) is 11.4 Å². The minimum Gasteiger partial charge on any atom is -0.495 e. The Balaban J connectivity index is 1.70. The van der Waals surface area contributed by atoms with Crippen LogP contribution in [0.15, 0.2) is 47.7 Å². The Labute approximate surface area is 176 Å². The summed E-state index contributed by atoms with van der Waals surface area (Å²) in [6.07, 6.45) is 7.21. The number of nitrogens with one attached hydrogen (secondary N) is 1. The molecule has 0 unspecified atom stereocenters. The number of fused-ring (bicyclic) bond motifs is 1. The number of aromatic nitrogens is 4. The van der Waals surface area contributed by atoms with Gasteiger partial charge in [0.15, 0.2) is 0 Å². The first-order valence-electron chi connectivity index (χ1n) is 8.71. The SMILES string of the molecule is COc1cc(/C=C/c2nc3cc(Cl)cc(Cl)c3c(=O)[nH]2)ccc1-n1cnc(C)c1. The molecule has 0 atom stereocenters. The number of hydrogen-bond donors (Lipinski definition) is 1. The quantitative estimate of drug-likeness (QED) is 0.503. The van der Waals surface area contributed by atoms with E-state index in [1.54, 1.807) is 25.6 Å². The highest BCUT2D eigenvalue weighted by molar-refractivity contribution is 6.38. The summed E-state index contributed by atoms with van der Waals surface area (Å²) in [4.78, 5) is 23.8. The highest BCUT2D eigenvalue weighted by Gasteiger charge is 2.09. The molecule has 0 fully saturated rings. The van der Waals surface area contributed by atoms with Gasteiger partial charge < -0.3 is 14.3 Å². The lowest BCUT2D eigenvalue weighted by molar-refractivity contribution is 0.413. The molecule has 8 heteroatoms. The first-order valence-corrected chi connectivity index (χ1v) is 9.46. The Hall–Kier alpha value is -3.09. The van der Waals surface area contributed by atoms with Crippen LogP contribution in [0, 0.1) is 6.92 Å². The van der Waals surface area contributed by atoms with E-state index in [4.69, 9.17) is 27.9 Å². The zero-order valence-electron chi connectivity index (χ0n) is 15.6. The summed E-state index contributed by atoms with van der Waals surface area (Å²) < 4.78 is 7.42. The predicted octanol–water partition coefficient (Wildman–Crippen LogP) is 4.90. The zero-order chi connectivity index (χ0) is 20.5. The summed E-state index contributed by atoms with van der Waals surface area (Å²) in [5.41, 5.74) is 2.80. The molecule has 4 rings (SSSR count). The van der Waals surface area contributed by atoms with Crippen molar-refractivity contribution < 1.29 is 4.74 Å². The van der Waals surface area contributed by atoms with Crippen LogP contribution < -0.4 is 10.3 Å². The minimum atomic E-state index is -0.320. The summed E-state index contributed by atoms with van der Waals surface area (Å²) in [6.45, 7) is 1.93. The summed E-state index contributed by atoms with van der Waals surface area (Å²) in [5, 5.41) is 1.01. The number of H-pyrrole nitrogens is 1. The van der Waals surface area contributed by atoms with Crippen molar-refractivity contribution in [2.45, 2.75) is 6.92 Å². The summed E-state index contributed by atoms with van der Waals surface area (Å²) in [7, 11) is 1.62. The van der Waals surface area contributed by atoms with Crippen molar-refractivity contribution in [3.63, 3.8) is 0 Å². The molecule has 0 spiro atoms. The standard InChI is InChI=1S/C21H16Cl2N4O2/c1-12-10-27(11-24-12)17-5-3-13(7-18(17)29-2)4-6-19-25-16-9-14(22)8-15(23)20(16)21(28)26-19/h3-11H,1-2H3,(H,25,26,28)/b6-4+. The van der Waals surface area contributed by atoms with Gasteiger partial charge in [-0.1, -0.05) is 35.3 Å². The van der Waals surface area contributed by atoms with Crippen LogP contribution in [0.4, 0.5) is 0 Å². The van der Waals surface area contributed by atoms with Crippen LogP contribution in [0.1, 0.15) is 17.1 Å². The van der Waals surface area contributed by atoms with Crippen molar-refractivity contribution >= 4 is 46.3 Å². The molecule has 0 saturated heterocycles. The average Bonchev–Trinajstić information content (AvgIpc) is 3.11. The van der Waals surface area contributed by atoms with E-state index in [2.05, 4.69) is 15.0 Å². The molecule has 1 N–H and O–H groups in total. The number of hydrogen-bond acceptors (Lipinski definition) is 4. The minimum absolute atomic E-state index is 0.270. The number of ether oxygens (including phenoxy) is 1. The molecule has 0 saturated carbocycles. The van der Waals surface area contributed by atoms with Gasteiger partial charge in [0, 0.05) is 11.2 Å². The first-order chi connectivity index (χ1) is 13.9. The average molecular weight is 427 g/mol. The zero-order valence-corrected chi connectivity index (χ0v) is 17.1. The second-order valence-electron chi connectivity index (χ2n) is 6.42. The molecule has 2 aromatic heterocycles. The van der Waals surface area contributed by atoms with Gasteiger partial charge in [-0.15, -0.1) is 0 Å². The third-order valence-corrected chi connectivity index (χ3v) is 4.89. The molecule has 0 aliphatic carbocycles. The first kappa shape index (κ1) is 19.2. The van der Waals surface area contributed by atoms with E-state index < -0.39 is 0 Å². The molecule has 0 bridgehead atoms. The third kappa shape index (κ3) is 3.90. The van der Waals surface area contributed by atoms with Gasteiger partial charge in [-0.3, -0.25) is 4.79 Å². The summed E-state index contributed by atoms with van der Waals surface area (Å²) in [6, 6.07) is 8.91. The number of methoxy groups -OCH3 is 1. The van der Waals surface area contributed by atoms with Crippen LogP contribution in [-0.4, -0.2) is 26.6 Å². The molecule has 2 heterocycles. The smallest absolute Gasteiger partial charge is 0.260 e. The molecule has 0 aliphatic heterocycles. The van der Waals surface area contributed by atoms with Crippen LogP contribution >= 0.6 is 23.2 Å². The normalized spacial score (nSPS) is 11.4. The largest absolute Gasteiger partial charge is 0.495 e. The Morgan fingerprint density at radius 2 is 2.00 bits per heavy atom. The highest BCUT2D eigenvalue weighted by atomic mass is 35.5. The molecule has 0 radical (unpaired) electrons. The van der Waals surface area contributed by atoms with Crippen molar-refractivity contribution in [2.24, 2.45) is 0 Å². The molecule has 29 heavy (non-hydrogen) atoms. The second kappa shape index (κ2) is 7.73. The van der Waals surface area contributed by atoms with Crippen LogP contribution in [-0.2, 0) is 0 Å². The highest BCUT2D eigenvalue weighted by Crippen LogP contribution is 2.26. The van der Waals surface area contributed by atoms with Gasteiger partial charge >= 0.3 is 0 Å². The Morgan fingerprint density at radius 1 is 1.17 bits per heavy atom. The molecule has 0 aliphatic rings.